The van der Waals surface area contributed by atoms with Crippen LogP contribution in [-0.2, 0) is 6.18 Å². The number of nitrogens with two attached hydrogens (primary N) is 1. The smallest absolute Gasteiger partial charge is 0.366 e. The maximum atomic E-state index is 12.7. The van der Waals surface area contributed by atoms with E-state index in [4.69, 9.17) is 5.73 Å². The lowest BCUT2D eigenvalue weighted by Gasteiger charge is -2.11. The summed E-state index contributed by atoms with van der Waals surface area (Å²) in [6, 6.07) is 0.636. The minimum absolute atomic E-state index is 0.0844. The third-order valence-corrected chi connectivity index (χ3v) is 2.58. The van der Waals surface area contributed by atoms with Crippen molar-refractivity contribution in [1.29, 1.82) is 0 Å². The van der Waals surface area contributed by atoms with Crippen LogP contribution in [0.4, 0.5) is 18.9 Å². The molecule has 0 bridgehead atoms. The van der Waals surface area contributed by atoms with Crippen LogP contribution in [-0.4, -0.2) is 10.9 Å². The lowest BCUT2D eigenvalue weighted by Crippen LogP contribution is -2.17. The van der Waals surface area contributed by atoms with Crippen LogP contribution in [0, 0.1) is 0 Å². The fraction of sp³-hybridized carbons (Fsp3) is 0.273. The molecule has 7 heteroatoms. The third kappa shape index (κ3) is 1.92. The van der Waals surface area contributed by atoms with Gasteiger partial charge in [-0.15, -0.1) is 0 Å². The number of hydrogen-bond acceptors (Lipinski definition) is 2. The van der Waals surface area contributed by atoms with E-state index < -0.39 is 17.8 Å². The predicted molar refractivity (Wildman–Crippen MR) is 57.8 cm³/mol. The molecule has 1 aliphatic rings. The summed E-state index contributed by atoms with van der Waals surface area (Å²) in [7, 11) is 0. The number of carbonyl (C=O) groups excluding carboxylic acids is 1. The Labute approximate surface area is 101 Å². The summed E-state index contributed by atoms with van der Waals surface area (Å²) in [6.45, 7) is 1.77. The van der Waals surface area contributed by atoms with Crippen molar-refractivity contribution in [2.24, 2.45) is 5.73 Å². The van der Waals surface area contributed by atoms with Crippen molar-refractivity contribution in [1.82, 2.24) is 10.3 Å². The summed E-state index contributed by atoms with van der Waals surface area (Å²) in [5, 5.41) is 3.90. The van der Waals surface area contributed by atoms with E-state index in [9.17, 15) is 18.0 Å². The fourth-order valence-corrected chi connectivity index (χ4v) is 1.69. The molecule has 1 aromatic heterocycles. The lowest BCUT2D eigenvalue weighted by molar-refractivity contribution is -0.141. The van der Waals surface area contributed by atoms with Crippen molar-refractivity contribution in [3.63, 3.8) is 0 Å². The minimum atomic E-state index is -4.62. The molecule has 2 heterocycles. The highest BCUT2D eigenvalue weighted by molar-refractivity contribution is 6.01. The molecule has 1 radical (unpaired) electrons. The normalized spacial score (nSPS) is 13.9. The highest BCUT2D eigenvalue weighted by Crippen LogP contribution is 2.37. The molecule has 0 saturated heterocycles. The highest BCUT2D eigenvalue weighted by Gasteiger charge is 2.36. The standard InChI is InChI=1S/C11H9F3N3O/c1-2-5-4-16-9-6(10(15)18)3-7(11(12,13)14)17-8(5)9/h3-4H,2H2,1H3,(H2,15,18). The summed E-state index contributed by atoms with van der Waals surface area (Å²) in [6.07, 6.45) is -2.74. The number of amides is 1. The second kappa shape index (κ2) is 4.01. The van der Waals surface area contributed by atoms with Crippen LogP contribution in [0.25, 0.3) is 5.57 Å². The molecule has 0 aromatic carbocycles. The highest BCUT2D eigenvalue weighted by atomic mass is 19.4. The first kappa shape index (κ1) is 12.4. The van der Waals surface area contributed by atoms with Gasteiger partial charge in [0.15, 0.2) is 0 Å². The molecule has 0 fully saturated rings. The quantitative estimate of drug-likeness (QED) is 0.881. The van der Waals surface area contributed by atoms with Gasteiger partial charge in [-0.2, -0.15) is 13.2 Å². The van der Waals surface area contributed by atoms with Crippen molar-refractivity contribution in [3.8, 4) is 0 Å². The Morgan fingerprint density at radius 2 is 2.11 bits per heavy atom. The first-order chi connectivity index (χ1) is 8.34. The van der Waals surface area contributed by atoms with E-state index in [0.717, 1.165) is 0 Å². The maximum absolute atomic E-state index is 12.7. The van der Waals surface area contributed by atoms with Gasteiger partial charge < -0.3 is 5.73 Å². The lowest BCUT2D eigenvalue weighted by atomic mass is 10.1. The van der Waals surface area contributed by atoms with Crippen molar-refractivity contribution >= 4 is 17.2 Å². The van der Waals surface area contributed by atoms with Crippen molar-refractivity contribution in [2.45, 2.75) is 19.5 Å². The molecule has 4 nitrogen and oxygen atoms in total. The maximum Gasteiger partial charge on any atom is 0.433 e. The summed E-state index contributed by atoms with van der Waals surface area (Å²) in [4.78, 5) is 14.7. The number of rotatable bonds is 2. The number of alkyl halides is 3. The van der Waals surface area contributed by atoms with Crippen LogP contribution in [0.15, 0.2) is 12.3 Å². The van der Waals surface area contributed by atoms with Crippen LogP contribution < -0.4 is 11.1 Å². The van der Waals surface area contributed by atoms with Crippen LogP contribution in [0.1, 0.15) is 35.1 Å². The third-order valence-electron chi connectivity index (χ3n) is 2.58. The Kier molecular flexibility index (Phi) is 2.76. The Bertz CT molecular complexity index is 549. The number of hydrogen-bond donors (Lipinski definition) is 1. The van der Waals surface area contributed by atoms with E-state index >= 15 is 0 Å². The number of fused-ring (bicyclic) bond motifs is 1. The second-order valence-corrected chi connectivity index (χ2v) is 3.75. The molecule has 95 valence electrons. The first-order valence-corrected chi connectivity index (χ1v) is 5.17. The van der Waals surface area contributed by atoms with Gasteiger partial charge in [-0.25, -0.2) is 4.98 Å². The number of nitrogens with zero attached hydrogens (tertiary/aromatic N) is 2. The van der Waals surface area contributed by atoms with E-state index in [1.54, 1.807) is 6.92 Å². The summed E-state index contributed by atoms with van der Waals surface area (Å²) in [5.74, 6) is -0.950. The van der Waals surface area contributed by atoms with Crippen molar-refractivity contribution in [3.05, 3.63) is 29.2 Å². The second-order valence-electron chi connectivity index (χ2n) is 3.75. The minimum Gasteiger partial charge on any atom is -0.366 e. The van der Waals surface area contributed by atoms with Gasteiger partial charge in [-0.1, -0.05) is 6.92 Å². The molecular weight excluding hydrogens is 247 g/mol. The molecule has 1 aromatic rings. The molecular formula is C11H9F3N3O. The molecule has 0 aliphatic carbocycles. The molecule has 18 heavy (non-hydrogen) atoms. The Hall–Kier alpha value is -2.05. The SMILES string of the molecule is CCC1=C[N]c2c(C(N)=O)cc(C(F)(F)F)nc21. The monoisotopic (exact) mass is 256 g/mol. The zero-order chi connectivity index (χ0) is 13.5. The Morgan fingerprint density at radius 1 is 1.44 bits per heavy atom. The summed E-state index contributed by atoms with van der Waals surface area (Å²) < 4.78 is 38.0. The molecule has 0 spiro atoms. The van der Waals surface area contributed by atoms with Crippen molar-refractivity contribution < 1.29 is 18.0 Å². The number of carbonyl (C=O) groups is 1. The number of aromatic nitrogens is 1. The molecule has 2 rings (SSSR count). The van der Waals surface area contributed by atoms with Crippen LogP contribution in [0.5, 0.6) is 0 Å². The van der Waals surface area contributed by atoms with E-state index in [2.05, 4.69) is 10.3 Å². The van der Waals surface area contributed by atoms with E-state index in [1.807, 2.05) is 0 Å². The van der Waals surface area contributed by atoms with Gasteiger partial charge in [0.25, 0.3) is 5.91 Å². The van der Waals surface area contributed by atoms with Gasteiger partial charge in [0.1, 0.15) is 11.4 Å². The van der Waals surface area contributed by atoms with Gasteiger partial charge in [-0.3, -0.25) is 10.1 Å². The number of halogens is 3. The van der Waals surface area contributed by atoms with Gasteiger partial charge in [0, 0.05) is 6.20 Å². The predicted octanol–water partition coefficient (Wildman–Crippen LogP) is 2.20. The first-order valence-electron chi connectivity index (χ1n) is 5.17. The largest absolute Gasteiger partial charge is 0.433 e. The van der Waals surface area contributed by atoms with Gasteiger partial charge >= 0.3 is 6.18 Å². The summed E-state index contributed by atoms with van der Waals surface area (Å²) >= 11 is 0. The topological polar surface area (TPSA) is 70.1 Å². The van der Waals surface area contributed by atoms with Crippen molar-refractivity contribution in [2.75, 3.05) is 0 Å². The molecule has 1 amide bonds. The zero-order valence-electron chi connectivity index (χ0n) is 9.38. The van der Waals surface area contributed by atoms with E-state index in [-0.39, 0.29) is 16.9 Å². The van der Waals surface area contributed by atoms with Crippen LogP contribution >= 0.6 is 0 Å². The molecule has 1 aliphatic heterocycles. The Morgan fingerprint density at radius 3 is 2.61 bits per heavy atom. The number of allylic oxidation sites excluding steroid dienone is 1. The summed E-state index contributed by atoms with van der Waals surface area (Å²) in [5.41, 5.74) is 4.43. The number of primary amides is 1. The molecule has 0 atom stereocenters. The average molecular weight is 256 g/mol. The zero-order valence-corrected chi connectivity index (χ0v) is 9.38. The fourth-order valence-electron chi connectivity index (χ4n) is 1.69. The van der Waals surface area contributed by atoms with Gasteiger partial charge in [0.05, 0.1) is 11.3 Å². The van der Waals surface area contributed by atoms with Gasteiger partial charge in [-0.05, 0) is 18.1 Å². The van der Waals surface area contributed by atoms with Crippen LogP contribution in [0.2, 0.25) is 0 Å². The average Bonchev–Trinajstić information content (AvgIpc) is 2.68. The van der Waals surface area contributed by atoms with Gasteiger partial charge in [0.2, 0.25) is 0 Å². The van der Waals surface area contributed by atoms with E-state index in [0.29, 0.717) is 18.1 Å². The molecule has 2 N–H and O–H groups in total. The molecule has 0 saturated carbocycles. The Balaban J connectivity index is 2.66. The molecule has 0 unspecified atom stereocenters. The number of pyridine rings is 1. The van der Waals surface area contributed by atoms with E-state index in [1.165, 1.54) is 6.20 Å². The van der Waals surface area contributed by atoms with Crippen LogP contribution in [0.3, 0.4) is 0 Å².